The Balaban J connectivity index is 1.77. The predicted molar refractivity (Wildman–Crippen MR) is 131 cm³/mol. The lowest BCUT2D eigenvalue weighted by Crippen LogP contribution is -2.35. The third kappa shape index (κ3) is 6.14. The lowest BCUT2D eigenvalue weighted by atomic mass is 10.1. The molecule has 1 aliphatic heterocycles. The molecule has 2 aromatic carbocycles. The smallest absolute Gasteiger partial charge is 0.344 e. The summed E-state index contributed by atoms with van der Waals surface area (Å²) in [5.74, 6) is -1.28. The second-order valence-corrected chi connectivity index (χ2v) is 9.24. The van der Waals surface area contributed by atoms with Crippen molar-refractivity contribution in [2.75, 3.05) is 13.7 Å². The number of hydrogen-bond acceptors (Lipinski definition) is 8. The van der Waals surface area contributed by atoms with Gasteiger partial charge in [-0.25, -0.2) is 4.79 Å². The lowest BCUT2D eigenvalue weighted by molar-refractivity contribution is -0.149. The van der Waals surface area contributed by atoms with Gasteiger partial charge in [0.15, 0.2) is 11.5 Å². The Bertz CT molecular complexity index is 1150. The van der Waals surface area contributed by atoms with Gasteiger partial charge in [0.2, 0.25) is 0 Å². The van der Waals surface area contributed by atoms with Crippen molar-refractivity contribution in [2.45, 2.75) is 20.0 Å². The number of carbonyl (C=O) groups is 4. The van der Waals surface area contributed by atoms with Crippen LogP contribution >= 0.6 is 34.4 Å². The van der Waals surface area contributed by atoms with Gasteiger partial charge in [0.05, 0.1) is 23.7 Å². The van der Waals surface area contributed by atoms with Crippen LogP contribution in [0.5, 0.6) is 11.5 Å². The minimum Gasteiger partial charge on any atom is -0.493 e. The zero-order valence-corrected chi connectivity index (χ0v) is 21.0. The van der Waals surface area contributed by atoms with Crippen molar-refractivity contribution < 1.29 is 33.4 Å². The van der Waals surface area contributed by atoms with Gasteiger partial charge in [-0.1, -0.05) is 18.2 Å². The summed E-state index contributed by atoms with van der Waals surface area (Å²) in [7, 11) is 1.43. The van der Waals surface area contributed by atoms with Gasteiger partial charge in [-0.15, -0.1) is 0 Å². The first-order valence-corrected chi connectivity index (χ1v) is 11.7. The zero-order chi connectivity index (χ0) is 24.1. The third-order valence-corrected chi connectivity index (χ3v) is 6.16. The number of amides is 2. The molecule has 1 fully saturated rings. The molecule has 0 aliphatic carbocycles. The molecule has 0 unspecified atom stereocenters. The number of hydrogen-bond donors (Lipinski definition) is 0. The molecule has 172 valence electrons. The Hall–Kier alpha value is -2.86. The zero-order valence-electron chi connectivity index (χ0n) is 18.0. The van der Waals surface area contributed by atoms with Crippen LogP contribution in [-0.2, 0) is 14.3 Å². The maximum atomic E-state index is 12.6. The molecule has 2 amide bonds. The molecule has 33 heavy (non-hydrogen) atoms. The Morgan fingerprint density at radius 2 is 1.85 bits per heavy atom. The van der Waals surface area contributed by atoms with E-state index in [1.54, 1.807) is 50.2 Å². The number of methoxy groups -OCH3 is 1. The van der Waals surface area contributed by atoms with Gasteiger partial charge >= 0.3 is 11.9 Å². The van der Waals surface area contributed by atoms with Gasteiger partial charge < -0.3 is 14.2 Å². The van der Waals surface area contributed by atoms with Crippen molar-refractivity contribution >= 4 is 63.5 Å². The van der Waals surface area contributed by atoms with E-state index in [1.807, 2.05) is 6.07 Å². The molecule has 3 rings (SSSR count). The van der Waals surface area contributed by atoms with Gasteiger partial charge in [-0.3, -0.25) is 19.3 Å². The fourth-order valence-electron chi connectivity index (χ4n) is 2.86. The maximum absolute atomic E-state index is 12.6. The van der Waals surface area contributed by atoms with Crippen LogP contribution in [0.3, 0.4) is 0 Å². The molecular weight excluding hydrogens is 561 g/mol. The molecule has 0 saturated carbocycles. The number of benzene rings is 2. The maximum Gasteiger partial charge on any atom is 0.344 e. The standard InChI is InChI=1S/C23H20INO7S/c1-13(2)31-20(26)12-25-21(27)19(33-23(25)29)11-14-8-9-17(18(10-14)30-3)32-22(28)15-6-4-5-7-16(15)24/h4-11,13H,12H2,1-3H3/b19-11-. The van der Waals surface area contributed by atoms with Crippen molar-refractivity contribution in [1.29, 1.82) is 0 Å². The van der Waals surface area contributed by atoms with Crippen LogP contribution in [0.1, 0.15) is 29.8 Å². The summed E-state index contributed by atoms with van der Waals surface area (Å²) in [4.78, 5) is 50.2. The summed E-state index contributed by atoms with van der Waals surface area (Å²) < 4.78 is 16.6. The Morgan fingerprint density at radius 1 is 1.12 bits per heavy atom. The number of imide groups is 1. The van der Waals surface area contributed by atoms with E-state index in [9.17, 15) is 19.2 Å². The van der Waals surface area contributed by atoms with Gasteiger partial charge in [0.25, 0.3) is 11.1 Å². The normalized spacial score (nSPS) is 14.7. The van der Waals surface area contributed by atoms with Crippen molar-refractivity contribution in [3.63, 3.8) is 0 Å². The van der Waals surface area contributed by atoms with E-state index in [2.05, 4.69) is 22.6 Å². The molecule has 1 saturated heterocycles. The average Bonchev–Trinajstić information content (AvgIpc) is 3.01. The molecule has 0 spiro atoms. The minimum atomic E-state index is -0.658. The first-order valence-electron chi connectivity index (χ1n) is 9.79. The SMILES string of the molecule is COc1cc(/C=C2\SC(=O)N(CC(=O)OC(C)C)C2=O)ccc1OC(=O)c1ccccc1I. The fraction of sp³-hybridized carbons (Fsp3) is 0.217. The largest absolute Gasteiger partial charge is 0.493 e. The van der Waals surface area contributed by atoms with Crippen LogP contribution in [0.4, 0.5) is 4.79 Å². The average molecular weight is 581 g/mol. The lowest BCUT2D eigenvalue weighted by Gasteiger charge is -2.13. The van der Waals surface area contributed by atoms with Crippen LogP contribution in [0, 0.1) is 3.57 Å². The van der Waals surface area contributed by atoms with Gasteiger partial charge in [0, 0.05) is 3.57 Å². The molecule has 1 aliphatic rings. The molecule has 10 heteroatoms. The number of thioether (sulfide) groups is 1. The molecule has 2 aromatic rings. The summed E-state index contributed by atoms with van der Waals surface area (Å²) in [6, 6.07) is 11.8. The number of rotatable bonds is 7. The molecule has 8 nitrogen and oxygen atoms in total. The number of halogens is 1. The number of ether oxygens (including phenoxy) is 3. The second kappa shape index (κ2) is 10.8. The monoisotopic (exact) mass is 581 g/mol. The highest BCUT2D eigenvalue weighted by atomic mass is 127. The number of carbonyl (C=O) groups excluding carboxylic acids is 4. The first-order chi connectivity index (χ1) is 15.7. The fourth-order valence-corrected chi connectivity index (χ4v) is 4.30. The molecular formula is C23H20INO7S. The van der Waals surface area contributed by atoms with E-state index in [4.69, 9.17) is 14.2 Å². The van der Waals surface area contributed by atoms with E-state index in [-0.39, 0.29) is 22.5 Å². The van der Waals surface area contributed by atoms with Gasteiger partial charge in [0.1, 0.15) is 6.54 Å². The van der Waals surface area contributed by atoms with E-state index < -0.39 is 29.6 Å². The van der Waals surface area contributed by atoms with E-state index >= 15 is 0 Å². The third-order valence-electron chi connectivity index (χ3n) is 4.31. The molecule has 0 bridgehead atoms. The number of nitrogens with zero attached hydrogens (tertiary/aromatic N) is 1. The molecule has 0 N–H and O–H groups in total. The highest BCUT2D eigenvalue weighted by Gasteiger charge is 2.36. The highest BCUT2D eigenvalue weighted by molar-refractivity contribution is 14.1. The quantitative estimate of drug-likeness (QED) is 0.204. The Labute approximate surface area is 208 Å². The van der Waals surface area contributed by atoms with Crippen LogP contribution in [0.25, 0.3) is 6.08 Å². The second-order valence-electron chi connectivity index (χ2n) is 7.09. The summed E-state index contributed by atoms with van der Waals surface area (Å²) >= 11 is 2.78. The van der Waals surface area contributed by atoms with Crippen molar-refractivity contribution in [3.8, 4) is 11.5 Å². The summed E-state index contributed by atoms with van der Waals surface area (Å²) in [6.45, 7) is 2.91. The number of esters is 2. The summed E-state index contributed by atoms with van der Waals surface area (Å²) in [6.07, 6.45) is 1.16. The van der Waals surface area contributed by atoms with Crippen molar-refractivity contribution in [3.05, 3.63) is 62.1 Å². The van der Waals surface area contributed by atoms with Crippen LogP contribution in [0.15, 0.2) is 47.4 Å². The van der Waals surface area contributed by atoms with Gasteiger partial charge in [-0.2, -0.15) is 0 Å². The molecule has 0 radical (unpaired) electrons. The van der Waals surface area contributed by atoms with Crippen molar-refractivity contribution in [1.82, 2.24) is 4.90 Å². The van der Waals surface area contributed by atoms with Crippen LogP contribution < -0.4 is 9.47 Å². The molecule has 0 aromatic heterocycles. The first kappa shape index (κ1) is 24.8. The van der Waals surface area contributed by atoms with E-state index in [0.717, 1.165) is 20.2 Å². The molecule has 0 atom stereocenters. The highest BCUT2D eigenvalue weighted by Crippen LogP contribution is 2.35. The Kier molecular flexibility index (Phi) is 8.14. The topological polar surface area (TPSA) is 99.2 Å². The van der Waals surface area contributed by atoms with E-state index in [1.165, 1.54) is 13.2 Å². The van der Waals surface area contributed by atoms with E-state index in [0.29, 0.717) is 11.1 Å². The van der Waals surface area contributed by atoms with Crippen molar-refractivity contribution in [2.24, 2.45) is 0 Å². The summed E-state index contributed by atoms with van der Waals surface area (Å²) in [5, 5.41) is -0.554. The predicted octanol–water partition coefficient (Wildman–Crippen LogP) is 4.51. The van der Waals surface area contributed by atoms with Crippen LogP contribution in [-0.4, -0.2) is 47.7 Å². The van der Waals surface area contributed by atoms with Crippen LogP contribution in [0.2, 0.25) is 0 Å². The van der Waals surface area contributed by atoms with Gasteiger partial charge in [-0.05, 0) is 84.1 Å². The molecule has 1 heterocycles. The minimum absolute atomic E-state index is 0.156. The summed E-state index contributed by atoms with van der Waals surface area (Å²) in [5.41, 5.74) is 0.977. The Morgan fingerprint density at radius 3 is 2.52 bits per heavy atom.